The van der Waals surface area contributed by atoms with Gasteiger partial charge >= 0.3 is 15.4 Å². The number of ether oxygens (including phenoxy) is 5. The first kappa shape index (κ1) is 49.7. The van der Waals surface area contributed by atoms with Crippen molar-refractivity contribution in [1.29, 1.82) is 0 Å². The summed E-state index contributed by atoms with van der Waals surface area (Å²) in [7, 11) is -3.22. The Balaban J connectivity index is 0.000000190. The Bertz CT molecular complexity index is 2310. The fourth-order valence-electron chi connectivity index (χ4n) is 7.43. The predicted molar refractivity (Wildman–Crippen MR) is 226 cm³/mol. The van der Waals surface area contributed by atoms with Gasteiger partial charge in [0.2, 0.25) is 10.6 Å². The van der Waals surface area contributed by atoms with Gasteiger partial charge in [0.05, 0.1) is 56.0 Å². The number of nitrogen functional groups attached to an aromatic ring is 2. The Hall–Kier alpha value is -2.74. The minimum atomic E-state index is -3.71. The molecular weight excluding hydrogens is 917 g/mol. The van der Waals surface area contributed by atoms with Crippen molar-refractivity contribution in [1.82, 2.24) is 39.0 Å². The van der Waals surface area contributed by atoms with E-state index in [1.165, 1.54) is 51.7 Å². The highest BCUT2D eigenvalue weighted by Gasteiger charge is 2.61. The van der Waals surface area contributed by atoms with E-state index in [2.05, 4.69) is 29.9 Å². The van der Waals surface area contributed by atoms with Crippen molar-refractivity contribution in [3.05, 3.63) is 23.2 Å². The molecule has 4 saturated heterocycles. The first-order chi connectivity index (χ1) is 29.6. The van der Waals surface area contributed by atoms with Gasteiger partial charge in [-0.2, -0.15) is 19.9 Å². The fraction of sp³-hybridized carbons (Fsp3) is 0.714. The summed E-state index contributed by atoms with van der Waals surface area (Å²) in [4.78, 5) is 24.7. The van der Waals surface area contributed by atoms with Crippen LogP contribution in [0.1, 0.15) is 53.0 Å². The molecule has 0 radical (unpaired) electrons. The third-order valence-corrected chi connectivity index (χ3v) is 14.0. The zero-order valence-electron chi connectivity index (χ0n) is 36.0. The molecule has 0 saturated carbocycles. The number of aliphatic hydroxyl groups excluding tert-OH is 2. The molecule has 352 valence electrons. The van der Waals surface area contributed by atoms with Crippen molar-refractivity contribution in [3.63, 3.8) is 0 Å². The van der Waals surface area contributed by atoms with E-state index in [0.29, 0.717) is 28.9 Å². The van der Waals surface area contributed by atoms with Gasteiger partial charge < -0.3 is 54.4 Å². The summed E-state index contributed by atoms with van der Waals surface area (Å²) in [5.74, 6) is -0.591. The van der Waals surface area contributed by atoms with E-state index in [1.54, 1.807) is 17.8 Å². The monoisotopic (exact) mass is 970 g/mol. The lowest BCUT2D eigenvalue weighted by Gasteiger charge is -2.45. The molecule has 8 rings (SSSR count). The van der Waals surface area contributed by atoms with Crippen LogP contribution >= 0.6 is 38.6 Å². The minimum Gasteiger partial charge on any atom is -0.396 e. The molecule has 24 nitrogen and oxygen atoms in total. The highest BCUT2D eigenvalue weighted by molar-refractivity contribution is 7.52. The number of nitrogens with zero attached hydrogens (tertiary/aromatic N) is 8. The van der Waals surface area contributed by atoms with Crippen molar-refractivity contribution in [3.8, 4) is 0 Å². The number of anilines is 2. The normalized spacial score (nSPS) is 30.1. The van der Waals surface area contributed by atoms with Crippen LogP contribution in [0.4, 0.5) is 11.6 Å². The maximum atomic E-state index is 12.4. The molecule has 4 aromatic heterocycles. The Kier molecular flexibility index (Phi) is 15.5. The van der Waals surface area contributed by atoms with Gasteiger partial charge in [0.25, 0.3) is 0 Å². The first-order valence-electron chi connectivity index (χ1n) is 19.6. The molecule has 63 heavy (non-hydrogen) atoms. The van der Waals surface area contributed by atoms with Gasteiger partial charge in [-0.1, -0.05) is 13.8 Å². The van der Waals surface area contributed by atoms with Crippen LogP contribution in [0.25, 0.3) is 22.3 Å². The Labute approximate surface area is 372 Å². The minimum absolute atomic E-state index is 0.00950. The number of imidazole rings is 2. The topological polar surface area (TPSA) is 306 Å². The van der Waals surface area contributed by atoms with Crippen molar-refractivity contribution in [2.75, 3.05) is 79.1 Å². The van der Waals surface area contributed by atoms with E-state index < -0.39 is 75.5 Å². The number of rotatable bonds is 12. The van der Waals surface area contributed by atoms with Crippen LogP contribution in [-0.4, -0.2) is 147 Å². The summed E-state index contributed by atoms with van der Waals surface area (Å²) in [6, 6.07) is 0. The van der Waals surface area contributed by atoms with Crippen LogP contribution in [0.5, 0.6) is 0 Å². The Morgan fingerprint density at radius 3 is 1.84 bits per heavy atom. The number of phosphoric ester groups is 1. The van der Waals surface area contributed by atoms with Crippen molar-refractivity contribution in [2.24, 2.45) is 10.8 Å². The van der Waals surface area contributed by atoms with E-state index in [0.717, 1.165) is 13.2 Å². The summed E-state index contributed by atoms with van der Waals surface area (Å²) < 4.78 is 82.1. The van der Waals surface area contributed by atoms with Crippen LogP contribution < -0.4 is 11.5 Å². The van der Waals surface area contributed by atoms with Gasteiger partial charge in [-0.15, -0.1) is 0 Å². The maximum absolute atomic E-state index is 12.4. The average molecular weight is 972 g/mol. The van der Waals surface area contributed by atoms with Gasteiger partial charge in [-0.05, 0) is 49.9 Å². The molecule has 0 aromatic carbocycles. The van der Waals surface area contributed by atoms with Crippen LogP contribution in [0.2, 0.25) is 10.6 Å². The Morgan fingerprint density at radius 2 is 1.35 bits per heavy atom. The lowest BCUT2D eigenvalue weighted by Crippen LogP contribution is -2.54. The number of fused-ring (bicyclic) bond motifs is 3. The fourth-order valence-corrected chi connectivity index (χ4v) is 8.99. The summed E-state index contributed by atoms with van der Waals surface area (Å²) in [6.07, 6.45) is 0.943. The molecule has 28 heteroatoms. The lowest BCUT2D eigenvalue weighted by molar-refractivity contribution is -0.314. The quantitative estimate of drug-likeness (QED) is 0.115. The summed E-state index contributed by atoms with van der Waals surface area (Å²) >= 11 is 11.9. The summed E-state index contributed by atoms with van der Waals surface area (Å²) in [6.45, 7) is 10.1. The zero-order valence-corrected chi connectivity index (χ0v) is 39.3. The molecule has 8 heterocycles. The number of nitrogens with two attached hydrogens (primary N) is 2. The molecule has 4 aliphatic rings. The van der Waals surface area contributed by atoms with E-state index in [-0.39, 0.29) is 35.4 Å². The lowest BCUT2D eigenvalue weighted by atomic mass is 9.81. The second-order valence-corrected chi connectivity index (χ2v) is 20.7. The molecule has 9 atom stereocenters. The van der Waals surface area contributed by atoms with Gasteiger partial charge in [-0.3, -0.25) is 27.3 Å². The van der Waals surface area contributed by atoms with Crippen LogP contribution in [-0.2, 0) is 55.4 Å². The number of hydrogen-bond donors (Lipinski definition) is 4. The molecule has 6 N–H and O–H groups in total. The van der Waals surface area contributed by atoms with Crippen molar-refractivity contribution < 1.29 is 65.6 Å². The van der Waals surface area contributed by atoms with E-state index in [4.69, 9.17) is 81.0 Å². The molecule has 0 aliphatic carbocycles. The maximum Gasteiger partial charge on any atom is 0.474 e. The summed E-state index contributed by atoms with van der Waals surface area (Å²) in [5.41, 5.74) is 11.4. The van der Waals surface area contributed by atoms with Crippen molar-refractivity contribution >= 4 is 72.6 Å². The van der Waals surface area contributed by atoms with E-state index in [1.807, 2.05) is 20.8 Å². The van der Waals surface area contributed by atoms with Gasteiger partial charge in [0.1, 0.15) is 41.8 Å². The molecule has 4 fully saturated rings. The molecule has 0 bridgehead atoms. The molecule has 0 amide bonds. The Morgan fingerprint density at radius 1 is 0.825 bits per heavy atom. The molecular formula is C35H54Cl2N10O14P2. The summed E-state index contributed by atoms with van der Waals surface area (Å²) in [5, 5.41) is 20.6. The molecule has 0 spiro atoms. The van der Waals surface area contributed by atoms with Crippen LogP contribution in [0, 0.1) is 10.8 Å². The van der Waals surface area contributed by atoms with E-state index >= 15 is 0 Å². The van der Waals surface area contributed by atoms with Gasteiger partial charge in [0.15, 0.2) is 28.7 Å². The SMILES string of the molecule is C1CCOC1.COP(=O)(OC)OC[C@H]1O[C@@H](n2cnc3c(N)nc(Cl)nc32)[C@@]2(C)COC(C)(C)OC12.COP(C)(=O)OC[C@H]1O[C@@H](n2cnc3c(N)nc(Cl)nc32)[C@@](C)(CO)C1O. The van der Waals surface area contributed by atoms with Gasteiger partial charge in [-0.25, -0.2) is 14.5 Å². The molecule has 4 aliphatic heterocycles. The van der Waals surface area contributed by atoms with Crippen LogP contribution in [0.3, 0.4) is 0 Å². The van der Waals surface area contributed by atoms with E-state index in [9.17, 15) is 19.3 Å². The second-order valence-electron chi connectivity index (χ2n) is 16.0. The molecule has 3 unspecified atom stereocenters. The first-order valence-corrected chi connectivity index (χ1v) is 23.8. The third kappa shape index (κ3) is 10.5. The number of aromatic nitrogens is 8. The smallest absolute Gasteiger partial charge is 0.396 e. The average Bonchev–Trinajstić information content (AvgIpc) is 4.10. The number of hydrogen-bond acceptors (Lipinski definition) is 22. The third-order valence-electron chi connectivity index (χ3n) is 11.1. The number of aliphatic hydroxyl groups is 2. The highest BCUT2D eigenvalue weighted by atomic mass is 35.5. The van der Waals surface area contributed by atoms with Crippen LogP contribution in [0.15, 0.2) is 12.7 Å². The predicted octanol–water partition coefficient (Wildman–Crippen LogP) is 4.14. The second kappa shape index (κ2) is 19.6. The highest BCUT2D eigenvalue weighted by Crippen LogP contribution is 2.54. The largest absolute Gasteiger partial charge is 0.474 e. The van der Waals surface area contributed by atoms with Crippen molar-refractivity contribution in [2.45, 2.75) is 83.2 Å². The number of halogens is 2. The zero-order chi connectivity index (χ0) is 46.1. The molecule has 4 aromatic rings. The number of phosphoric acid groups is 1. The standard InChI is InChI=1S/C17H25ClN5O7P.C14H21ClN5O6P.C4H8O/c1-16(2)27-7-17(3)11(30-16)9(6-28-31(24,25-4)26-5)29-14(17)23-8-20-10-12(19)21-15(18)22-13(10)23;1-14(5-21)9(22)7(4-25-27(3,23)24-2)26-12(14)20-6-17-8-10(16)18-13(15)19-11(8)20;1-2-4-5-3-1/h8-9,11,14H,6-7H2,1-5H3,(H2,19,21,22);6-7,9,12,21-22H,4-5H2,1-3H3,(H2,16,18,19);1-4H2/t9-,11?,14-,17+;7-,9?,12-,14+,27?;/m11./s1. The van der Waals surface area contributed by atoms with Gasteiger partial charge in [0, 0.05) is 41.2 Å².